The molecule has 33 heavy (non-hydrogen) atoms. The number of Topliss-reactive ketones (excluding diaryl/α,β-unsaturated/α-hetero) is 2. The molecule has 2 aromatic rings. The first kappa shape index (κ1) is 24.7. The number of carbonyl (C=O) groups excluding carboxylic acids is 3. The van der Waals surface area contributed by atoms with Crippen LogP contribution in [-0.4, -0.2) is 62.8 Å². The van der Waals surface area contributed by atoms with Gasteiger partial charge in [-0.3, -0.25) is 14.4 Å². The van der Waals surface area contributed by atoms with Crippen molar-refractivity contribution in [3.8, 4) is 11.5 Å². The molecular formula is C25H30ClN2O5+. The maximum absolute atomic E-state index is 13.5. The third-order valence-corrected chi connectivity index (χ3v) is 6.52. The van der Waals surface area contributed by atoms with E-state index in [4.69, 9.17) is 21.1 Å². The predicted molar refractivity (Wildman–Crippen MR) is 125 cm³/mol. The van der Waals surface area contributed by atoms with E-state index in [0.29, 0.717) is 40.7 Å². The number of nitrogens with one attached hydrogen (secondary N) is 1. The van der Waals surface area contributed by atoms with Crippen LogP contribution < -0.4 is 14.4 Å². The van der Waals surface area contributed by atoms with E-state index in [0.717, 1.165) is 13.1 Å². The number of hydrogen-bond acceptors (Lipinski definition) is 5. The number of methoxy groups -OCH3 is 2. The largest absolute Gasteiger partial charge is 0.493 e. The van der Waals surface area contributed by atoms with Crippen molar-refractivity contribution in [2.24, 2.45) is 5.92 Å². The lowest BCUT2D eigenvalue weighted by Crippen LogP contribution is -3.12. The summed E-state index contributed by atoms with van der Waals surface area (Å²) in [4.78, 5) is 42.5. The maximum Gasteiger partial charge on any atom is 0.291 e. The fourth-order valence-electron chi connectivity index (χ4n) is 4.31. The third-order valence-electron chi connectivity index (χ3n) is 6.27. The van der Waals surface area contributed by atoms with E-state index in [1.165, 1.54) is 24.0 Å². The average molecular weight is 474 g/mol. The van der Waals surface area contributed by atoms with Crippen LogP contribution in [0.4, 0.5) is 0 Å². The zero-order chi connectivity index (χ0) is 24.1. The number of quaternary nitrogens is 1. The Bertz CT molecular complexity index is 1020. The number of ketones is 2. The number of likely N-dealkylation sites (tertiary alicyclic amines) is 1. The summed E-state index contributed by atoms with van der Waals surface area (Å²) in [6.07, 6.45) is 0. The molecule has 0 aromatic heterocycles. The fraction of sp³-hybridized carbons (Fsp3) is 0.400. The second kappa shape index (κ2) is 10.8. The molecular weight excluding hydrogens is 444 g/mol. The minimum Gasteiger partial charge on any atom is -0.493 e. The number of carbonyl (C=O) groups is 3. The van der Waals surface area contributed by atoms with Gasteiger partial charge >= 0.3 is 0 Å². The number of benzene rings is 2. The van der Waals surface area contributed by atoms with Crippen molar-refractivity contribution in [3.63, 3.8) is 0 Å². The first-order valence-electron chi connectivity index (χ1n) is 11.1. The molecule has 1 saturated heterocycles. The van der Waals surface area contributed by atoms with Gasteiger partial charge in [0.1, 0.15) is 5.92 Å². The number of rotatable bonds is 10. The lowest BCUT2D eigenvalue weighted by atomic mass is 9.86. The number of halogens is 1. The monoisotopic (exact) mass is 473 g/mol. The quantitative estimate of drug-likeness (QED) is 0.325. The minimum atomic E-state index is -1.15. The lowest BCUT2D eigenvalue weighted by molar-refractivity contribution is -0.895. The molecule has 0 radical (unpaired) electrons. The van der Waals surface area contributed by atoms with Gasteiger partial charge in [-0.1, -0.05) is 17.7 Å². The molecule has 1 heterocycles. The Kier molecular flexibility index (Phi) is 8.10. The van der Waals surface area contributed by atoms with Gasteiger partial charge in [-0.15, -0.1) is 0 Å². The Morgan fingerprint density at radius 3 is 2.21 bits per heavy atom. The number of amides is 1. The van der Waals surface area contributed by atoms with Crippen LogP contribution in [0.3, 0.4) is 0 Å². The van der Waals surface area contributed by atoms with Crippen molar-refractivity contribution in [3.05, 3.63) is 58.6 Å². The van der Waals surface area contributed by atoms with Gasteiger partial charge < -0.3 is 19.3 Å². The highest BCUT2D eigenvalue weighted by Crippen LogP contribution is 2.41. The highest BCUT2D eigenvalue weighted by molar-refractivity contribution is 6.44. The Balaban J connectivity index is 2.06. The predicted octanol–water partition coefficient (Wildman–Crippen LogP) is 2.23. The summed E-state index contributed by atoms with van der Waals surface area (Å²) in [6.45, 7) is 7.01. The summed E-state index contributed by atoms with van der Waals surface area (Å²) in [5.41, 5.74) is 0.987. The summed E-state index contributed by atoms with van der Waals surface area (Å²) >= 11 is 5.97. The van der Waals surface area contributed by atoms with Crippen LogP contribution in [0.5, 0.6) is 11.5 Å². The highest BCUT2D eigenvalue weighted by atomic mass is 35.5. The van der Waals surface area contributed by atoms with E-state index < -0.39 is 29.4 Å². The van der Waals surface area contributed by atoms with Crippen LogP contribution >= 0.6 is 11.6 Å². The van der Waals surface area contributed by atoms with E-state index in [2.05, 4.69) is 13.8 Å². The van der Waals surface area contributed by atoms with Crippen molar-refractivity contribution in [1.29, 1.82) is 0 Å². The first-order valence-corrected chi connectivity index (χ1v) is 11.4. The summed E-state index contributed by atoms with van der Waals surface area (Å²) < 4.78 is 10.8. The smallest absolute Gasteiger partial charge is 0.291 e. The highest BCUT2D eigenvalue weighted by Gasteiger charge is 2.51. The van der Waals surface area contributed by atoms with Crippen molar-refractivity contribution in [2.75, 3.05) is 40.4 Å². The topological polar surface area (TPSA) is 77.4 Å². The number of nitrogens with zero attached hydrogens (tertiary/aromatic N) is 1. The SMILES string of the molecule is CC[NH+](CC)CCN1C(=O)C(=O)C(C(=O)c2ccc(Cl)cc2)C1c1ccc(OC)c(OC)c1. The molecule has 7 nitrogen and oxygen atoms in total. The molecule has 1 aliphatic heterocycles. The van der Waals surface area contributed by atoms with Gasteiger partial charge in [0.2, 0.25) is 5.78 Å². The molecule has 3 rings (SSSR count). The second-order valence-corrected chi connectivity index (χ2v) is 8.41. The molecule has 176 valence electrons. The van der Waals surface area contributed by atoms with Gasteiger partial charge in [-0.05, 0) is 55.8 Å². The number of likely N-dealkylation sites (N-methyl/N-ethyl adjacent to an activating group) is 1. The second-order valence-electron chi connectivity index (χ2n) is 7.98. The fourth-order valence-corrected chi connectivity index (χ4v) is 4.44. The van der Waals surface area contributed by atoms with Gasteiger partial charge in [-0.25, -0.2) is 0 Å². The third kappa shape index (κ3) is 5.04. The van der Waals surface area contributed by atoms with Gasteiger partial charge in [0.05, 0.1) is 46.4 Å². The summed E-state index contributed by atoms with van der Waals surface area (Å²) in [5.74, 6) is -1.88. The van der Waals surface area contributed by atoms with Crippen molar-refractivity contribution in [2.45, 2.75) is 19.9 Å². The molecule has 1 aliphatic rings. The molecule has 1 amide bonds. The molecule has 2 unspecified atom stereocenters. The molecule has 0 saturated carbocycles. The molecule has 0 bridgehead atoms. The minimum absolute atomic E-state index is 0.340. The zero-order valence-electron chi connectivity index (χ0n) is 19.4. The van der Waals surface area contributed by atoms with Crippen LogP contribution in [0.2, 0.25) is 5.02 Å². The van der Waals surface area contributed by atoms with Crippen LogP contribution in [-0.2, 0) is 9.59 Å². The Hall–Kier alpha value is -2.90. The van der Waals surface area contributed by atoms with E-state index in [9.17, 15) is 14.4 Å². The van der Waals surface area contributed by atoms with Gasteiger partial charge in [0.25, 0.3) is 5.91 Å². The molecule has 1 fully saturated rings. The van der Waals surface area contributed by atoms with Crippen LogP contribution in [0, 0.1) is 5.92 Å². The van der Waals surface area contributed by atoms with Gasteiger partial charge in [0.15, 0.2) is 17.3 Å². The zero-order valence-corrected chi connectivity index (χ0v) is 20.1. The molecule has 0 aliphatic carbocycles. The van der Waals surface area contributed by atoms with Crippen molar-refractivity contribution in [1.82, 2.24) is 4.90 Å². The normalized spacial score (nSPS) is 18.2. The maximum atomic E-state index is 13.5. The van der Waals surface area contributed by atoms with E-state index in [-0.39, 0.29) is 0 Å². The molecule has 2 aromatic carbocycles. The first-order chi connectivity index (χ1) is 15.9. The summed E-state index contributed by atoms with van der Waals surface area (Å²) in [5, 5.41) is 0.487. The van der Waals surface area contributed by atoms with Crippen molar-refractivity contribution < 1.29 is 28.8 Å². The standard InChI is InChI=1S/C25H29ClN2O5/c1-5-27(6-2)13-14-28-22(17-9-12-19(32-3)20(15-17)33-4)21(24(30)25(28)31)23(29)16-7-10-18(26)11-8-16/h7-12,15,21-22H,5-6,13-14H2,1-4H3/p+1. The van der Waals surface area contributed by atoms with E-state index in [1.54, 1.807) is 42.5 Å². The molecule has 0 spiro atoms. The Morgan fingerprint density at radius 2 is 1.64 bits per heavy atom. The van der Waals surface area contributed by atoms with Crippen LogP contribution in [0.1, 0.15) is 35.8 Å². The van der Waals surface area contributed by atoms with E-state index >= 15 is 0 Å². The van der Waals surface area contributed by atoms with Crippen LogP contribution in [0.25, 0.3) is 0 Å². The summed E-state index contributed by atoms with van der Waals surface area (Å²) in [7, 11) is 3.05. The Morgan fingerprint density at radius 1 is 1.00 bits per heavy atom. The van der Waals surface area contributed by atoms with Crippen molar-refractivity contribution >= 4 is 29.1 Å². The van der Waals surface area contributed by atoms with Crippen LogP contribution in [0.15, 0.2) is 42.5 Å². The van der Waals surface area contributed by atoms with E-state index in [1.807, 2.05) is 0 Å². The molecule has 1 N–H and O–H groups in total. The van der Waals surface area contributed by atoms with Gasteiger partial charge in [0, 0.05) is 10.6 Å². The number of ether oxygens (including phenoxy) is 2. The number of hydrogen-bond donors (Lipinski definition) is 1. The molecule has 8 heteroatoms. The lowest BCUT2D eigenvalue weighted by Gasteiger charge is -2.28. The summed E-state index contributed by atoms with van der Waals surface area (Å²) in [6, 6.07) is 10.9. The Labute approximate surface area is 199 Å². The average Bonchev–Trinajstić information content (AvgIpc) is 3.09. The molecule has 2 atom stereocenters. The van der Waals surface area contributed by atoms with Gasteiger partial charge in [-0.2, -0.15) is 0 Å².